The van der Waals surface area contributed by atoms with E-state index in [1.54, 1.807) is 0 Å². The number of carbonyl (C=O) groups is 2. The van der Waals surface area contributed by atoms with Gasteiger partial charge < -0.3 is 15.2 Å². The summed E-state index contributed by atoms with van der Waals surface area (Å²) in [5.74, 6) is -0.843. The van der Waals surface area contributed by atoms with E-state index in [2.05, 4.69) is 16.6 Å². The second-order valence-electron chi connectivity index (χ2n) is 4.77. The highest BCUT2D eigenvalue weighted by atomic mass is 16.5. The summed E-state index contributed by atoms with van der Waals surface area (Å²) >= 11 is 0. The number of nitrogens with one attached hydrogen (secondary N) is 1. The molecule has 0 saturated carbocycles. The van der Waals surface area contributed by atoms with Crippen molar-refractivity contribution in [3.05, 3.63) is 12.7 Å². The summed E-state index contributed by atoms with van der Waals surface area (Å²) in [5.41, 5.74) is 0. The second-order valence-corrected chi connectivity index (χ2v) is 4.77. The number of methoxy groups -OCH3 is 1. The van der Waals surface area contributed by atoms with E-state index in [4.69, 9.17) is 5.11 Å². The minimum absolute atomic E-state index is 0.221. The van der Waals surface area contributed by atoms with Gasteiger partial charge in [-0.2, -0.15) is 0 Å². The highest BCUT2D eigenvalue weighted by molar-refractivity contribution is 5.84. The fourth-order valence-electron chi connectivity index (χ4n) is 1.87. The van der Waals surface area contributed by atoms with Crippen LogP contribution < -0.4 is 5.32 Å². The summed E-state index contributed by atoms with van der Waals surface area (Å²) in [6.07, 6.45) is 9.86. The number of amides is 1. The van der Waals surface area contributed by atoms with Crippen LogP contribution in [0.3, 0.4) is 0 Å². The van der Waals surface area contributed by atoms with E-state index >= 15 is 0 Å². The van der Waals surface area contributed by atoms with Crippen LogP contribution in [-0.4, -0.2) is 36.7 Å². The third-order valence-electron chi connectivity index (χ3n) is 3.07. The molecule has 0 aliphatic rings. The average molecular weight is 285 g/mol. The van der Waals surface area contributed by atoms with Gasteiger partial charge in [-0.15, -0.1) is 6.58 Å². The first-order chi connectivity index (χ1) is 9.65. The Morgan fingerprint density at radius 1 is 1.20 bits per heavy atom. The van der Waals surface area contributed by atoms with E-state index in [9.17, 15) is 9.59 Å². The zero-order valence-electron chi connectivity index (χ0n) is 12.4. The standard InChI is InChI=1S/C15H27NO4/c1-3-4-5-6-7-8-9-10-11-14(18)16-13(12-17)15(19)20-2/h3,13,17H,1,4-12H2,2H3,(H,16,18). The number of carbonyl (C=O) groups excluding carboxylic acids is 2. The van der Waals surface area contributed by atoms with Crippen molar-refractivity contribution in [1.82, 2.24) is 5.32 Å². The number of hydrogen-bond donors (Lipinski definition) is 2. The lowest BCUT2D eigenvalue weighted by Crippen LogP contribution is -2.43. The monoisotopic (exact) mass is 285 g/mol. The van der Waals surface area contributed by atoms with Gasteiger partial charge in [-0.3, -0.25) is 4.79 Å². The molecule has 0 saturated heterocycles. The summed E-state index contributed by atoms with van der Waals surface area (Å²) in [6.45, 7) is 3.24. The van der Waals surface area contributed by atoms with Crippen LogP contribution in [0.15, 0.2) is 12.7 Å². The molecular weight excluding hydrogens is 258 g/mol. The highest BCUT2D eigenvalue weighted by Gasteiger charge is 2.19. The summed E-state index contributed by atoms with van der Waals surface area (Å²) in [4.78, 5) is 22.7. The molecule has 0 radical (unpaired) electrons. The molecule has 116 valence electrons. The quantitative estimate of drug-likeness (QED) is 0.326. The van der Waals surface area contributed by atoms with Gasteiger partial charge in [0, 0.05) is 6.42 Å². The topological polar surface area (TPSA) is 75.6 Å². The fourth-order valence-corrected chi connectivity index (χ4v) is 1.87. The molecule has 0 aromatic carbocycles. The summed E-state index contributed by atoms with van der Waals surface area (Å²) in [7, 11) is 1.23. The molecular formula is C15H27NO4. The lowest BCUT2D eigenvalue weighted by atomic mass is 10.1. The molecule has 0 aromatic heterocycles. The Morgan fingerprint density at radius 2 is 1.80 bits per heavy atom. The third kappa shape index (κ3) is 9.55. The van der Waals surface area contributed by atoms with E-state index in [0.717, 1.165) is 25.7 Å². The predicted molar refractivity (Wildman–Crippen MR) is 78.2 cm³/mol. The van der Waals surface area contributed by atoms with Gasteiger partial charge in [0.1, 0.15) is 0 Å². The first-order valence-corrected chi connectivity index (χ1v) is 7.24. The minimum atomic E-state index is -0.952. The molecule has 1 atom stereocenters. The molecule has 0 spiro atoms. The van der Waals surface area contributed by atoms with E-state index in [0.29, 0.717) is 6.42 Å². The molecule has 0 aliphatic carbocycles. The van der Waals surface area contributed by atoms with Crippen molar-refractivity contribution in [2.24, 2.45) is 0 Å². The summed E-state index contributed by atoms with van der Waals surface area (Å²) < 4.78 is 4.47. The number of allylic oxidation sites excluding steroid dienone is 1. The number of aliphatic hydroxyl groups is 1. The van der Waals surface area contributed by atoms with Crippen molar-refractivity contribution < 1.29 is 19.4 Å². The lowest BCUT2D eigenvalue weighted by Gasteiger charge is -2.13. The highest BCUT2D eigenvalue weighted by Crippen LogP contribution is 2.08. The number of esters is 1. The van der Waals surface area contributed by atoms with Gasteiger partial charge in [-0.05, 0) is 19.3 Å². The molecule has 0 bridgehead atoms. The molecule has 0 rings (SSSR count). The Balaban J connectivity index is 3.57. The Labute approximate surface area is 121 Å². The van der Waals surface area contributed by atoms with Gasteiger partial charge in [0.15, 0.2) is 6.04 Å². The van der Waals surface area contributed by atoms with Gasteiger partial charge >= 0.3 is 5.97 Å². The number of hydrogen-bond acceptors (Lipinski definition) is 4. The van der Waals surface area contributed by atoms with Crippen molar-refractivity contribution in [1.29, 1.82) is 0 Å². The van der Waals surface area contributed by atoms with Crippen molar-refractivity contribution in [2.45, 2.75) is 57.4 Å². The molecule has 0 aliphatic heterocycles. The van der Waals surface area contributed by atoms with E-state index < -0.39 is 18.6 Å². The van der Waals surface area contributed by atoms with Crippen molar-refractivity contribution in [2.75, 3.05) is 13.7 Å². The maximum atomic E-state index is 11.6. The van der Waals surface area contributed by atoms with Crippen LogP contribution in [0.25, 0.3) is 0 Å². The molecule has 20 heavy (non-hydrogen) atoms. The molecule has 5 heteroatoms. The first-order valence-electron chi connectivity index (χ1n) is 7.24. The van der Waals surface area contributed by atoms with Crippen LogP contribution in [0, 0.1) is 0 Å². The van der Waals surface area contributed by atoms with E-state index in [1.165, 1.54) is 26.4 Å². The van der Waals surface area contributed by atoms with Gasteiger partial charge in [0.05, 0.1) is 13.7 Å². The third-order valence-corrected chi connectivity index (χ3v) is 3.07. The van der Waals surface area contributed by atoms with Gasteiger partial charge in [-0.1, -0.05) is 31.8 Å². The SMILES string of the molecule is C=CCCCCCCCCC(=O)NC(CO)C(=O)OC. The maximum Gasteiger partial charge on any atom is 0.330 e. The predicted octanol–water partition coefficient (Wildman–Crippen LogP) is 1.94. The van der Waals surface area contributed by atoms with Crippen LogP contribution in [-0.2, 0) is 14.3 Å². The van der Waals surface area contributed by atoms with Crippen LogP contribution in [0.1, 0.15) is 51.4 Å². The Morgan fingerprint density at radius 3 is 2.35 bits per heavy atom. The van der Waals surface area contributed by atoms with Gasteiger partial charge in [0.2, 0.25) is 5.91 Å². The Bertz CT molecular complexity index is 292. The molecule has 0 aromatic rings. The van der Waals surface area contributed by atoms with Crippen molar-refractivity contribution in [3.63, 3.8) is 0 Å². The summed E-state index contributed by atoms with van der Waals surface area (Å²) in [5, 5.41) is 11.4. The van der Waals surface area contributed by atoms with Gasteiger partial charge in [0.25, 0.3) is 0 Å². The molecule has 0 heterocycles. The van der Waals surface area contributed by atoms with E-state index in [1.807, 2.05) is 6.08 Å². The maximum absolute atomic E-state index is 11.6. The number of ether oxygens (including phenoxy) is 1. The zero-order chi connectivity index (χ0) is 15.2. The summed E-state index contributed by atoms with van der Waals surface area (Å²) in [6, 6.07) is -0.952. The lowest BCUT2D eigenvalue weighted by molar-refractivity contribution is -0.146. The smallest absolute Gasteiger partial charge is 0.330 e. The van der Waals surface area contributed by atoms with Crippen LogP contribution >= 0.6 is 0 Å². The minimum Gasteiger partial charge on any atom is -0.467 e. The van der Waals surface area contributed by atoms with Crippen molar-refractivity contribution >= 4 is 11.9 Å². The molecule has 5 nitrogen and oxygen atoms in total. The zero-order valence-corrected chi connectivity index (χ0v) is 12.4. The number of aliphatic hydroxyl groups excluding tert-OH is 1. The normalized spacial score (nSPS) is 11.7. The Kier molecular flexibility index (Phi) is 11.8. The molecule has 1 amide bonds. The second kappa shape index (κ2) is 12.7. The number of unbranched alkanes of at least 4 members (excludes halogenated alkanes) is 6. The first kappa shape index (κ1) is 18.6. The van der Waals surface area contributed by atoms with E-state index in [-0.39, 0.29) is 5.91 Å². The Hall–Kier alpha value is -1.36. The van der Waals surface area contributed by atoms with Gasteiger partial charge in [-0.25, -0.2) is 4.79 Å². The molecule has 1 unspecified atom stereocenters. The van der Waals surface area contributed by atoms with Crippen LogP contribution in [0.2, 0.25) is 0 Å². The van der Waals surface area contributed by atoms with Crippen LogP contribution in [0.4, 0.5) is 0 Å². The molecule has 0 fully saturated rings. The largest absolute Gasteiger partial charge is 0.467 e. The van der Waals surface area contributed by atoms with Crippen LogP contribution in [0.5, 0.6) is 0 Å². The average Bonchev–Trinajstić information content (AvgIpc) is 2.46. The fraction of sp³-hybridized carbons (Fsp3) is 0.733. The molecule has 2 N–H and O–H groups in total. The number of rotatable bonds is 12. The van der Waals surface area contributed by atoms with Crippen molar-refractivity contribution in [3.8, 4) is 0 Å².